The van der Waals surface area contributed by atoms with Crippen molar-refractivity contribution in [1.29, 1.82) is 0 Å². The molecule has 0 aliphatic carbocycles. The Balaban J connectivity index is 2.14. The molecule has 0 spiro atoms. The summed E-state index contributed by atoms with van der Waals surface area (Å²) in [5.74, 6) is 0.924. The Hall–Kier alpha value is -0.580. The summed E-state index contributed by atoms with van der Waals surface area (Å²) in [5.41, 5.74) is 1.23. The van der Waals surface area contributed by atoms with Crippen molar-refractivity contribution in [2.45, 2.75) is 13.3 Å². The summed E-state index contributed by atoms with van der Waals surface area (Å²) in [6.45, 7) is 5.73. The molecular weight excluding hydrogens is 282 g/mol. The molecule has 2 N–H and O–H groups in total. The standard InChI is InChI=1S/C13H20BrNO2/c1-11-4-5-13(12(14)10-11)17-8-3-6-15-7-9-16-2/h4-5,10,15H,3,6-9H2,1-2H3/p+1. The number of ether oxygens (including phenoxy) is 2. The summed E-state index contributed by atoms with van der Waals surface area (Å²) in [6.07, 6.45) is 1.05. The highest BCUT2D eigenvalue weighted by atomic mass is 79.9. The number of quaternary nitrogens is 1. The summed E-state index contributed by atoms with van der Waals surface area (Å²) < 4.78 is 11.7. The number of aryl methyl sites for hydroxylation is 1. The van der Waals surface area contributed by atoms with Gasteiger partial charge in [0.1, 0.15) is 5.75 Å². The van der Waals surface area contributed by atoms with Crippen LogP contribution in [0.3, 0.4) is 0 Å². The Labute approximate surface area is 112 Å². The largest absolute Gasteiger partial charge is 0.492 e. The van der Waals surface area contributed by atoms with Gasteiger partial charge in [-0.3, -0.25) is 0 Å². The van der Waals surface area contributed by atoms with Crippen molar-refractivity contribution in [2.24, 2.45) is 0 Å². The predicted molar refractivity (Wildman–Crippen MR) is 72.5 cm³/mol. The van der Waals surface area contributed by atoms with Crippen LogP contribution in [0.25, 0.3) is 0 Å². The molecule has 1 aromatic rings. The van der Waals surface area contributed by atoms with Crippen molar-refractivity contribution >= 4 is 15.9 Å². The van der Waals surface area contributed by atoms with Gasteiger partial charge in [-0.25, -0.2) is 0 Å². The number of rotatable bonds is 8. The number of benzene rings is 1. The first-order valence-electron chi connectivity index (χ1n) is 5.93. The van der Waals surface area contributed by atoms with E-state index in [1.54, 1.807) is 7.11 Å². The van der Waals surface area contributed by atoms with E-state index in [0.717, 1.165) is 42.9 Å². The minimum absolute atomic E-state index is 0.755. The first kappa shape index (κ1) is 14.5. The van der Waals surface area contributed by atoms with E-state index >= 15 is 0 Å². The molecule has 17 heavy (non-hydrogen) atoms. The maximum atomic E-state index is 5.70. The maximum absolute atomic E-state index is 5.70. The minimum Gasteiger partial charge on any atom is -0.492 e. The summed E-state index contributed by atoms with van der Waals surface area (Å²) in [7, 11) is 1.73. The molecule has 0 saturated carbocycles. The van der Waals surface area contributed by atoms with Crippen LogP contribution < -0.4 is 10.1 Å². The van der Waals surface area contributed by atoms with Crippen molar-refractivity contribution in [3.8, 4) is 5.75 Å². The van der Waals surface area contributed by atoms with E-state index in [0.29, 0.717) is 0 Å². The number of halogens is 1. The van der Waals surface area contributed by atoms with Crippen LogP contribution in [-0.4, -0.2) is 33.4 Å². The molecule has 96 valence electrons. The van der Waals surface area contributed by atoms with Gasteiger partial charge < -0.3 is 14.8 Å². The molecule has 0 unspecified atom stereocenters. The lowest BCUT2D eigenvalue weighted by Crippen LogP contribution is -2.85. The van der Waals surface area contributed by atoms with Crippen LogP contribution in [0.2, 0.25) is 0 Å². The fourth-order valence-electron chi connectivity index (χ4n) is 1.48. The van der Waals surface area contributed by atoms with E-state index in [2.05, 4.69) is 40.3 Å². The molecule has 1 rings (SSSR count). The second-order valence-electron chi connectivity index (χ2n) is 3.99. The highest BCUT2D eigenvalue weighted by Gasteiger charge is 2.00. The molecule has 0 saturated heterocycles. The van der Waals surface area contributed by atoms with Crippen LogP contribution in [0.1, 0.15) is 12.0 Å². The summed E-state index contributed by atoms with van der Waals surface area (Å²) in [5, 5.41) is 2.25. The Kier molecular flexibility index (Phi) is 7.24. The highest BCUT2D eigenvalue weighted by Crippen LogP contribution is 2.25. The molecule has 0 aliphatic heterocycles. The number of hydrogen-bond donors (Lipinski definition) is 1. The summed E-state index contributed by atoms with van der Waals surface area (Å²) >= 11 is 3.50. The Bertz CT molecular complexity index is 331. The second kappa shape index (κ2) is 8.50. The van der Waals surface area contributed by atoms with Gasteiger partial charge >= 0.3 is 0 Å². The molecule has 0 radical (unpaired) electrons. The zero-order chi connectivity index (χ0) is 12.5. The number of nitrogens with two attached hydrogens (primary N) is 1. The highest BCUT2D eigenvalue weighted by molar-refractivity contribution is 9.10. The van der Waals surface area contributed by atoms with Crippen LogP contribution in [-0.2, 0) is 4.74 Å². The van der Waals surface area contributed by atoms with Gasteiger partial charge in [0.2, 0.25) is 0 Å². The average Bonchev–Trinajstić information content (AvgIpc) is 2.30. The third kappa shape index (κ3) is 6.05. The van der Waals surface area contributed by atoms with E-state index in [4.69, 9.17) is 9.47 Å². The van der Waals surface area contributed by atoms with Crippen LogP contribution >= 0.6 is 15.9 Å². The van der Waals surface area contributed by atoms with Gasteiger partial charge in [-0.1, -0.05) is 6.07 Å². The zero-order valence-corrected chi connectivity index (χ0v) is 12.1. The molecule has 0 fully saturated rings. The Morgan fingerprint density at radius 1 is 1.24 bits per heavy atom. The first-order chi connectivity index (χ1) is 8.24. The lowest BCUT2D eigenvalue weighted by Gasteiger charge is -2.08. The van der Waals surface area contributed by atoms with E-state index < -0.39 is 0 Å². The Morgan fingerprint density at radius 3 is 2.76 bits per heavy atom. The fourth-order valence-corrected chi connectivity index (χ4v) is 2.09. The van der Waals surface area contributed by atoms with Crippen LogP contribution in [0.5, 0.6) is 5.75 Å². The molecule has 0 heterocycles. The lowest BCUT2D eigenvalue weighted by molar-refractivity contribution is -0.656. The smallest absolute Gasteiger partial charge is 0.133 e. The van der Waals surface area contributed by atoms with Crippen molar-refractivity contribution in [1.82, 2.24) is 0 Å². The molecule has 1 aromatic carbocycles. The average molecular weight is 303 g/mol. The third-order valence-corrected chi connectivity index (χ3v) is 3.04. The second-order valence-corrected chi connectivity index (χ2v) is 4.85. The SMILES string of the molecule is COCC[NH2+]CCCOc1ccc(C)cc1Br. The topological polar surface area (TPSA) is 35.1 Å². The molecule has 0 amide bonds. The molecule has 0 aliphatic rings. The monoisotopic (exact) mass is 302 g/mol. The van der Waals surface area contributed by atoms with Crippen molar-refractivity contribution in [3.63, 3.8) is 0 Å². The van der Waals surface area contributed by atoms with Gasteiger partial charge in [0.05, 0.1) is 30.8 Å². The van der Waals surface area contributed by atoms with E-state index in [9.17, 15) is 0 Å². The lowest BCUT2D eigenvalue weighted by atomic mass is 10.2. The van der Waals surface area contributed by atoms with Crippen LogP contribution in [0.4, 0.5) is 0 Å². The summed E-state index contributed by atoms with van der Waals surface area (Å²) in [4.78, 5) is 0. The fraction of sp³-hybridized carbons (Fsp3) is 0.538. The normalized spacial score (nSPS) is 10.5. The first-order valence-corrected chi connectivity index (χ1v) is 6.73. The van der Waals surface area contributed by atoms with Gasteiger partial charge in [0, 0.05) is 13.5 Å². The van der Waals surface area contributed by atoms with E-state index in [1.165, 1.54) is 5.56 Å². The predicted octanol–water partition coefficient (Wildman–Crippen LogP) is 1.74. The van der Waals surface area contributed by atoms with Gasteiger partial charge in [0.15, 0.2) is 0 Å². The zero-order valence-electron chi connectivity index (χ0n) is 10.5. The molecule has 3 nitrogen and oxygen atoms in total. The van der Waals surface area contributed by atoms with E-state index in [1.807, 2.05) is 6.07 Å². The number of methoxy groups -OCH3 is 1. The van der Waals surface area contributed by atoms with E-state index in [-0.39, 0.29) is 0 Å². The van der Waals surface area contributed by atoms with Crippen molar-refractivity contribution in [3.05, 3.63) is 28.2 Å². The Morgan fingerprint density at radius 2 is 2.06 bits per heavy atom. The third-order valence-electron chi connectivity index (χ3n) is 2.42. The molecule has 0 atom stereocenters. The minimum atomic E-state index is 0.755. The van der Waals surface area contributed by atoms with Crippen LogP contribution in [0, 0.1) is 6.92 Å². The van der Waals surface area contributed by atoms with Crippen molar-refractivity contribution in [2.75, 3.05) is 33.4 Å². The molecule has 4 heteroatoms. The quantitative estimate of drug-likeness (QED) is 0.742. The van der Waals surface area contributed by atoms with Gasteiger partial charge in [0.25, 0.3) is 0 Å². The number of hydrogen-bond acceptors (Lipinski definition) is 2. The molecular formula is C13H21BrNO2+. The molecule has 0 bridgehead atoms. The summed E-state index contributed by atoms with van der Waals surface area (Å²) in [6, 6.07) is 6.14. The van der Waals surface area contributed by atoms with Gasteiger partial charge in [-0.15, -0.1) is 0 Å². The van der Waals surface area contributed by atoms with Gasteiger partial charge in [-0.05, 0) is 40.5 Å². The molecule has 0 aromatic heterocycles. The van der Waals surface area contributed by atoms with Crippen molar-refractivity contribution < 1.29 is 14.8 Å². The van der Waals surface area contributed by atoms with Gasteiger partial charge in [-0.2, -0.15) is 0 Å². The maximum Gasteiger partial charge on any atom is 0.133 e. The van der Waals surface area contributed by atoms with Crippen LogP contribution in [0.15, 0.2) is 22.7 Å².